The van der Waals surface area contributed by atoms with Crippen molar-refractivity contribution in [2.75, 3.05) is 6.61 Å². The number of hydrogen-bond acceptors (Lipinski definition) is 4. The average Bonchev–Trinajstić information content (AvgIpc) is 2.67. The van der Waals surface area contributed by atoms with E-state index in [1.165, 1.54) is 12.8 Å². The third-order valence-electron chi connectivity index (χ3n) is 3.91. The van der Waals surface area contributed by atoms with Gasteiger partial charge in [0.2, 0.25) is 0 Å². The minimum Gasteiger partial charge on any atom is -0.378 e. The van der Waals surface area contributed by atoms with Crippen LogP contribution < -0.4 is 0 Å². The molecule has 0 unspecified atom stereocenters. The van der Waals surface area contributed by atoms with E-state index < -0.39 is 5.09 Å². The van der Waals surface area contributed by atoms with Gasteiger partial charge in [0.05, 0.1) is 11.9 Å². The highest BCUT2D eigenvalue weighted by Gasteiger charge is 2.23. The SMILES string of the molecule is CCCC/C(=C/[C@@H]1CCCCC[C@@H]1OCCC)O[N+](=O)[O-]. The molecule has 21 heavy (non-hydrogen) atoms. The zero-order chi connectivity index (χ0) is 15.5. The normalized spacial score (nSPS) is 23.6. The molecule has 0 radical (unpaired) electrons. The summed E-state index contributed by atoms with van der Waals surface area (Å²) in [6.45, 7) is 4.93. The summed E-state index contributed by atoms with van der Waals surface area (Å²) in [5.74, 6) is 0.740. The molecule has 1 aliphatic rings. The van der Waals surface area contributed by atoms with E-state index in [2.05, 4.69) is 13.8 Å². The Morgan fingerprint density at radius 3 is 2.67 bits per heavy atom. The molecule has 1 fully saturated rings. The van der Waals surface area contributed by atoms with Crippen LogP contribution in [-0.4, -0.2) is 17.8 Å². The Kier molecular flexibility index (Phi) is 9.06. The van der Waals surface area contributed by atoms with Gasteiger partial charge in [-0.1, -0.05) is 45.6 Å². The van der Waals surface area contributed by atoms with Gasteiger partial charge in [-0.2, -0.15) is 0 Å². The smallest absolute Gasteiger partial charge is 0.299 e. The zero-order valence-electron chi connectivity index (χ0n) is 13.4. The lowest BCUT2D eigenvalue weighted by Gasteiger charge is -2.23. The maximum atomic E-state index is 10.6. The highest BCUT2D eigenvalue weighted by atomic mass is 17.0. The molecule has 0 aromatic heterocycles. The predicted molar refractivity (Wildman–Crippen MR) is 82.3 cm³/mol. The maximum Gasteiger partial charge on any atom is 0.299 e. The van der Waals surface area contributed by atoms with Crippen molar-refractivity contribution in [1.82, 2.24) is 0 Å². The lowest BCUT2D eigenvalue weighted by molar-refractivity contribution is -0.743. The number of rotatable bonds is 9. The Morgan fingerprint density at radius 2 is 2.00 bits per heavy atom. The van der Waals surface area contributed by atoms with Gasteiger partial charge in [-0.3, -0.25) is 4.84 Å². The second-order valence-corrected chi connectivity index (χ2v) is 5.76. The number of ether oxygens (including phenoxy) is 1. The van der Waals surface area contributed by atoms with Crippen molar-refractivity contribution in [2.45, 2.75) is 77.7 Å². The van der Waals surface area contributed by atoms with Crippen LogP contribution in [0.25, 0.3) is 0 Å². The Bertz CT molecular complexity index is 330. The predicted octanol–water partition coefficient (Wildman–Crippen LogP) is 4.64. The van der Waals surface area contributed by atoms with Crippen molar-refractivity contribution in [1.29, 1.82) is 0 Å². The molecule has 0 bridgehead atoms. The van der Waals surface area contributed by atoms with E-state index in [1.54, 1.807) is 0 Å². The van der Waals surface area contributed by atoms with Crippen molar-refractivity contribution >= 4 is 0 Å². The molecule has 1 rings (SSSR count). The summed E-state index contributed by atoms with van der Waals surface area (Å²) in [7, 11) is 0. The standard InChI is InChI=1S/C16H29NO4/c1-3-5-10-15(21-17(18)19)13-14-9-7-6-8-11-16(14)20-12-4-2/h13-14,16H,3-12H2,1-2H3/b15-13-/t14-,16-/m0/s1. The first-order chi connectivity index (χ1) is 10.2. The third kappa shape index (κ3) is 7.46. The molecule has 0 aromatic rings. The summed E-state index contributed by atoms with van der Waals surface area (Å²) in [4.78, 5) is 15.4. The van der Waals surface area contributed by atoms with Crippen molar-refractivity contribution < 1.29 is 14.7 Å². The fraction of sp³-hybridized carbons (Fsp3) is 0.875. The van der Waals surface area contributed by atoms with E-state index >= 15 is 0 Å². The van der Waals surface area contributed by atoms with E-state index in [0.29, 0.717) is 12.2 Å². The molecule has 0 aromatic carbocycles. The molecule has 0 amide bonds. The highest BCUT2D eigenvalue weighted by Crippen LogP contribution is 2.29. The third-order valence-corrected chi connectivity index (χ3v) is 3.91. The van der Waals surface area contributed by atoms with Crippen LogP contribution in [0.1, 0.15) is 71.6 Å². The summed E-state index contributed by atoms with van der Waals surface area (Å²) in [5.41, 5.74) is 0. The van der Waals surface area contributed by atoms with Crippen LogP contribution in [0, 0.1) is 16.0 Å². The summed E-state index contributed by atoms with van der Waals surface area (Å²) >= 11 is 0. The molecular formula is C16H29NO4. The van der Waals surface area contributed by atoms with Gasteiger partial charge in [0.1, 0.15) is 0 Å². The van der Waals surface area contributed by atoms with Crippen LogP contribution in [0.3, 0.4) is 0 Å². The first-order valence-corrected chi connectivity index (χ1v) is 8.32. The monoisotopic (exact) mass is 299 g/mol. The lowest BCUT2D eigenvalue weighted by Crippen LogP contribution is -2.23. The van der Waals surface area contributed by atoms with Crippen molar-refractivity contribution in [3.63, 3.8) is 0 Å². The van der Waals surface area contributed by atoms with Crippen LogP contribution >= 0.6 is 0 Å². The largest absolute Gasteiger partial charge is 0.378 e. The van der Waals surface area contributed by atoms with Crippen LogP contribution in [0.4, 0.5) is 0 Å². The second kappa shape index (κ2) is 10.6. The second-order valence-electron chi connectivity index (χ2n) is 5.76. The minimum absolute atomic E-state index is 0.180. The molecule has 1 saturated carbocycles. The van der Waals surface area contributed by atoms with Crippen LogP contribution in [0.5, 0.6) is 0 Å². The molecule has 0 saturated heterocycles. The average molecular weight is 299 g/mol. The molecule has 5 heteroatoms. The van der Waals surface area contributed by atoms with Crippen molar-refractivity contribution in [2.24, 2.45) is 5.92 Å². The van der Waals surface area contributed by atoms with Gasteiger partial charge in [-0.05, 0) is 32.1 Å². The van der Waals surface area contributed by atoms with Gasteiger partial charge in [0.25, 0.3) is 5.09 Å². The summed E-state index contributed by atoms with van der Waals surface area (Å²) in [6, 6.07) is 0. The van der Waals surface area contributed by atoms with E-state index in [0.717, 1.165) is 45.1 Å². The molecule has 0 N–H and O–H groups in total. The highest BCUT2D eigenvalue weighted by molar-refractivity contribution is 4.99. The Morgan fingerprint density at radius 1 is 1.24 bits per heavy atom. The molecule has 2 atom stereocenters. The maximum absolute atomic E-state index is 10.6. The molecular weight excluding hydrogens is 270 g/mol. The van der Waals surface area contributed by atoms with Crippen LogP contribution in [0.15, 0.2) is 11.8 Å². The summed E-state index contributed by atoms with van der Waals surface area (Å²) in [5, 5.41) is 9.95. The Hall–Kier alpha value is -1.10. The Labute approximate surface area is 127 Å². The topological polar surface area (TPSA) is 61.6 Å². The zero-order valence-corrected chi connectivity index (χ0v) is 13.4. The van der Waals surface area contributed by atoms with Gasteiger partial charge < -0.3 is 4.74 Å². The van der Waals surface area contributed by atoms with Crippen molar-refractivity contribution in [3.05, 3.63) is 21.9 Å². The number of nitrogens with zero attached hydrogens (tertiary/aromatic N) is 1. The van der Waals surface area contributed by atoms with Gasteiger partial charge in [0.15, 0.2) is 0 Å². The summed E-state index contributed by atoms with van der Waals surface area (Å²) < 4.78 is 5.97. The number of unbranched alkanes of at least 4 members (excludes halogenated alkanes) is 1. The van der Waals surface area contributed by atoms with Crippen LogP contribution in [0.2, 0.25) is 0 Å². The number of hydrogen-bond donors (Lipinski definition) is 0. The quantitative estimate of drug-likeness (QED) is 0.269. The molecule has 5 nitrogen and oxygen atoms in total. The first-order valence-electron chi connectivity index (χ1n) is 8.32. The molecule has 0 spiro atoms. The fourth-order valence-corrected chi connectivity index (χ4v) is 2.81. The van der Waals surface area contributed by atoms with Gasteiger partial charge in [0, 0.05) is 12.5 Å². The Balaban J connectivity index is 2.75. The molecule has 0 heterocycles. The lowest BCUT2D eigenvalue weighted by atomic mass is 9.95. The first kappa shape index (κ1) is 18.0. The van der Waals surface area contributed by atoms with Gasteiger partial charge in [-0.25, -0.2) is 0 Å². The van der Waals surface area contributed by atoms with Gasteiger partial charge in [-0.15, -0.1) is 10.1 Å². The fourth-order valence-electron chi connectivity index (χ4n) is 2.81. The molecule has 122 valence electrons. The van der Waals surface area contributed by atoms with Gasteiger partial charge >= 0.3 is 0 Å². The molecule has 1 aliphatic carbocycles. The number of allylic oxidation sites excluding steroid dienone is 1. The van der Waals surface area contributed by atoms with E-state index in [-0.39, 0.29) is 12.0 Å². The van der Waals surface area contributed by atoms with E-state index in [4.69, 9.17) is 9.57 Å². The summed E-state index contributed by atoms with van der Waals surface area (Å²) in [6.07, 6.45) is 11.3. The van der Waals surface area contributed by atoms with E-state index in [1.807, 2.05) is 6.08 Å². The minimum atomic E-state index is -0.694. The van der Waals surface area contributed by atoms with Crippen LogP contribution in [-0.2, 0) is 9.57 Å². The van der Waals surface area contributed by atoms with Crippen molar-refractivity contribution in [3.8, 4) is 0 Å². The molecule has 0 aliphatic heterocycles. The van der Waals surface area contributed by atoms with E-state index in [9.17, 15) is 10.1 Å².